The van der Waals surface area contributed by atoms with Gasteiger partial charge in [-0.2, -0.15) is 0 Å². The third-order valence-corrected chi connectivity index (χ3v) is 4.41. The summed E-state index contributed by atoms with van der Waals surface area (Å²) >= 11 is 0. The first-order valence-electron chi connectivity index (χ1n) is 8.28. The monoisotopic (exact) mass is 352 g/mol. The summed E-state index contributed by atoms with van der Waals surface area (Å²) in [5, 5.41) is 10.4. The fourth-order valence-electron chi connectivity index (χ4n) is 3.35. The van der Waals surface area contributed by atoms with E-state index in [-0.39, 0.29) is 17.9 Å². The van der Waals surface area contributed by atoms with Gasteiger partial charge >= 0.3 is 11.6 Å². The van der Waals surface area contributed by atoms with Gasteiger partial charge in [-0.25, -0.2) is 9.59 Å². The van der Waals surface area contributed by atoms with E-state index in [9.17, 15) is 14.7 Å². The van der Waals surface area contributed by atoms with Crippen LogP contribution < -0.4 is 10.4 Å². The van der Waals surface area contributed by atoms with Gasteiger partial charge in [0.25, 0.3) is 0 Å². The molecule has 1 N–H and O–H groups in total. The summed E-state index contributed by atoms with van der Waals surface area (Å²) < 4.78 is 16.5. The molecule has 0 bridgehead atoms. The molecule has 2 heterocycles. The highest BCUT2D eigenvalue weighted by Crippen LogP contribution is 2.44. The Kier molecular flexibility index (Phi) is 3.88. The predicted molar refractivity (Wildman–Crippen MR) is 93.5 cm³/mol. The zero-order valence-electron chi connectivity index (χ0n) is 14.0. The molecule has 2 atom stereocenters. The van der Waals surface area contributed by atoms with Crippen LogP contribution in [0.5, 0.6) is 11.5 Å². The lowest BCUT2D eigenvalue weighted by molar-refractivity contribution is -0.151. The van der Waals surface area contributed by atoms with E-state index in [0.29, 0.717) is 22.3 Å². The number of phenols is 1. The minimum atomic E-state index is -1.03. The molecule has 0 saturated heterocycles. The van der Waals surface area contributed by atoms with Gasteiger partial charge in [-0.15, -0.1) is 0 Å². The molecule has 1 aromatic heterocycles. The molecule has 1 aliphatic rings. The fraction of sp³-hybridized carbons (Fsp3) is 0.200. The van der Waals surface area contributed by atoms with E-state index in [2.05, 4.69) is 0 Å². The minimum Gasteiger partial charge on any atom is -0.508 e. The maximum atomic E-state index is 12.7. The van der Waals surface area contributed by atoms with E-state index in [1.165, 1.54) is 12.1 Å². The number of esters is 1. The van der Waals surface area contributed by atoms with Crippen LogP contribution in [-0.4, -0.2) is 23.8 Å². The molecular formula is C20H16O6. The molecule has 0 fully saturated rings. The van der Waals surface area contributed by atoms with Crippen molar-refractivity contribution in [3.05, 3.63) is 70.1 Å². The van der Waals surface area contributed by atoms with Crippen LogP contribution >= 0.6 is 0 Å². The van der Waals surface area contributed by atoms with Crippen LogP contribution in [0.4, 0.5) is 0 Å². The van der Waals surface area contributed by atoms with E-state index in [1.807, 2.05) is 0 Å². The standard InChI is InChI=1S/C20H16O6/c1-2-24-20(23)18-15(11-6-5-7-12(21)10-11)16-17(26-18)13-8-3-4-9-14(13)25-19(16)22/h3-10,15,18,21H,2H2,1H3. The Morgan fingerprint density at radius 1 is 1.19 bits per heavy atom. The first-order chi connectivity index (χ1) is 12.6. The topological polar surface area (TPSA) is 86.0 Å². The number of hydrogen-bond acceptors (Lipinski definition) is 6. The maximum absolute atomic E-state index is 12.7. The largest absolute Gasteiger partial charge is 0.508 e. The third-order valence-electron chi connectivity index (χ3n) is 4.41. The molecule has 0 saturated carbocycles. The Labute approximate surface area is 148 Å². The number of carbonyl (C=O) groups is 1. The van der Waals surface area contributed by atoms with Crippen LogP contribution in [0.2, 0.25) is 0 Å². The van der Waals surface area contributed by atoms with Gasteiger partial charge in [0.1, 0.15) is 17.1 Å². The van der Waals surface area contributed by atoms with Crippen molar-refractivity contribution < 1.29 is 23.8 Å². The first-order valence-corrected chi connectivity index (χ1v) is 8.28. The molecular weight excluding hydrogens is 336 g/mol. The molecule has 0 spiro atoms. The number of rotatable bonds is 3. The van der Waals surface area contributed by atoms with Crippen LogP contribution in [-0.2, 0) is 9.53 Å². The number of carbonyl (C=O) groups excluding carboxylic acids is 1. The number of phenolic OH excluding ortho intramolecular Hbond substituents is 1. The number of benzene rings is 2. The summed E-state index contributed by atoms with van der Waals surface area (Å²) in [6, 6.07) is 13.4. The Morgan fingerprint density at radius 3 is 2.77 bits per heavy atom. The van der Waals surface area contributed by atoms with Gasteiger partial charge in [0.2, 0.25) is 6.10 Å². The van der Waals surface area contributed by atoms with Crippen molar-refractivity contribution in [2.45, 2.75) is 18.9 Å². The van der Waals surface area contributed by atoms with E-state index in [4.69, 9.17) is 13.9 Å². The normalized spacial score (nSPS) is 18.3. The smallest absolute Gasteiger partial charge is 0.348 e. The minimum absolute atomic E-state index is 0.0312. The Bertz CT molecular complexity index is 1050. The van der Waals surface area contributed by atoms with Crippen molar-refractivity contribution in [2.75, 3.05) is 6.61 Å². The van der Waals surface area contributed by atoms with Crippen molar-refractivity contribution in [3.63, 3.8) is 0 Å². The molecule has 0 aliphatic carbocycles. The van der Waals surface area contributed by atoms with Gasteiger partial charge in [0.15, 0.2) is 0 Å². The van der Waals surface area contributed by atoms with Crippen molar-refractivity contribution in [3.8, 4) is 11.5 Å². The summed E-state index contributed by atoms with van der Waals surface area (Å²) in [5.41, 5.74) is 0.644. The van der Waals surface area contributed by atoms with E-state index in [1.54, 1.807) is 43.3 Å². The van der Waals surface area contributed by atoms with Gasteiger partial charge in [-0.1, -0.05) is 24.3 Å². The highest BCUT2D eigenvalue weighted by Gasteiger charge is 2.45. The zero-order valence-corrected chi connectivity index (χ0v) is 14.0. The molecule has 2 unspecified atom stereocenters. The van der Waals surface area contributed by atoms with E-state index >= 15 is 0 Å². The van der Waals surface area contributed by atoms with Crippen LogP contribution in [0.25, 0.3) is 11.0 Å². The molecule has 0 radical (unpaired) electrons. The van der Waals surface area contributed by atoms with Gasteiger partial charge in [0.05, 0.1) is 23.5 Å². The average Bonchev–Trinajstić information content (AvgIpc) is 3.04. The van der Waals surface area contributed by atoms with Gasteiger partial charge in [-0.05, 0) is 36.8 Å². The Balaban J connectivity index is 1.96. The van der Waals surface area contributed by atoms with Gasteiger partial charge in [0, 0.05) is 0 Å². The van der Waals surface area contributed by atoms with Crippen molar-refractivity contribution >= 4 is 16.9 Å². The zero-order chi connectivity index (χ0) is 18.3. The maximum Gasteiger partial charge on any atom is 0.348 e. The summed E-state index contributed by atoms with van der Waals surface area (Å²) in [4.78, 5) is 25.1. The van der Waals surface area contributed by atoms with Crippen molar-refractivity contribution in [2.24, 2.45) is 0 Å². The summed E-state index contributed by atoms with van der Waals surface area (Å²) in [7, 11) is 0. The molecule has 6 heteroatoms. The van der Waals surface area contributed by atoms with E-state index < -0.39 is 23.6 Å². The highest BCUT2D eigenvalue weighted by molar-refractivity contribution is 5.88. The SMILES string of the molecule is CCOC(=O)C1Oc2c(c(=O)oc3ccccc23)C1c1cccc(O)c1. The number of aromatic hydroxyl groups is 1. The Morgan fingerprint density at radius 2 is 2.00 bits per heavy atom. The van der Waals surface area contributed by atoms with Gasteiger partial charge < -0.3 is 19.0 Å². The number of fused-ring (bicyclic) bond motifs is 3. The molecule has 1 aliphatic heterocycles. The molecule has 2 aromatic carbocycles. The number of para-hydroxylation sites is 1. The molecule has 6 nitrogen and oxygen atoms in total. The third kappa shape index (κ3) is 2.50. The lowest BCUT2D eigenvalue weighted by atomic mass is 9.88. The molecule has 26 heavy (non-hydrogen) atoms. The van der Waals surface area contributed by atoms with Crippen LogP contribution in [0.15, 0.2) is 57.7 Å². The second-order valence-corrected chi connectivity index (χ2v) is 5.99. The summed E-state index contributed by atoms with van der Waals surface area (Å²) in [5.74, 6) is -0.940. The average molecular weight is 352 g/mol. The lowest BCUT2D eigenvalue weighted by Crippen LogP contribution is -2.32. The van der Waals surface area contributed by atoms with Crippen molar-refractivity contribution in [1.29, 1.82) is 0 Å². The highest BCUT2D eigenvalue weighted by atomic mass is 16.6. The second kappa shape index (κ2) is 6.22. The second-order valence-electron chi connectivity index (χ2n) is 5.99. The molecule has 132 valence electrons. The first kappa shape index (κ1) is 16.2. The molecule has 3 aromatic rings. The van der Waals surface area contributed by atoms with Gasteiger partial charge in [-0.3, -0.25) is 0 Å². The fourth-order valence-corrected chi connectivity index (χ4v) is 3.35. The summed E-state index contributed by atoms with van der Waals surface area (Å²) in [6.45, 7) is 1.89. The quantitative estimate of drug-likeness (QED) is 0.576. The molecule has 0 amide bonds. The van der Waals surface area contributed by atoms with E-state index in [0.717, 1.165) is 0 Å². The van der Waals surface area contributed by atoms with Crippen LogP contribution in [0.1, 0.15) is 24.0 Å². The summed E-state index contributed by atoms with van der Waals surface area (Å²) in [6.07, 6.45) is -1.03. The predicted octanol–water partition coefficient (Wildman–Crippen LogP) is 2.95. The Hall–Kier alpha value is -3.28. The lowest BCUT2D eigenvalue weighted by Gasteiger charge is -2.17. The van der Waals surface area contributed by atoms with Crippen LogP contribution in [0.3, 0.4) is 0 Å². The van der Waals surface area contributed by atoms with Crippen LogP contribution in [0, 0.1) is 0 Å². The number of ether oxygens (including phenoxy) is 2. The molecule has 4 rings (SSSR count). The number of hydrogen-bond donors (Lipinski definition) is 1. The van der Waals surface area contributed by atoms with Crippen molar-refractivity contribution in [1.82, 2.24) is 0 Å².